The first kappa shape index (κ1) is 15.1. The van der Waals surface area contributed by atoms with Crippen molar-refractivity contribution in [3.05, 3.63) is 28.8 Å². The van der Waals surface area contributed by atoms with E-state index in [1.54, 1.807) is 0 Å². The number of nitriles is 1. The number of hydrogen-bond donors (Lipinski definition) is 0. The maximum Gasteiger partial charge on any atom is 0.573 e. The first-order valence-corrected chi connectivity index (χ1v) is 5.33. The highest BCUT2D eigenvalue weighted by molar-refractivity contribution is 6.17. The van der Waals surface area contributed by atoms with Gasteiger partial charge in [0.15, 0.2) is 5.75 Å². The number of benzene rings is 1. The van der Waals surface area contributed by atoms with E-state index in [1.165, 1.54) is 12.1 Å². The van der Waals surface area contributed by atoms with E-state index in [-0.39, 0.29) is 17.0 Å². The van der Waals surface area contributed by atoms with Crippen LogP contribution in [0.1, 0.15) is 21.5 Å². The van der Waals surface area contributed by atoms with Crippen LogP contribution in [0.5, 0.6) is 5.75 Å². The van der Waals surface area contributed by atoms with Crippen LogP contribution in [0, 0.1) is 11.3 Å². The van der Waals surface area contributed by atoms with Gasteiger partial charge in [-0.25, -0.2) is 4.79 Å². The standard InChI is InChI=1S/C11H7ClF3NO3/c1-18-10(17)7-3-2-6(4-12)9(8(7)5-16)19-11(13,14)15/h2-3H,4H2,1H3. The molecule has 4 nitrogen and oxygen atoms in total. The Bertz CT molecular complexity index is 537. The lowest BCUT2D eigenvalue weighted by molar-refractivity contribution is -0.275. The van der Waals surface area contributed by atoms with Gasteiger partial charge < -0.3 is 9.47 Å². The van der Waals surface area contributed by atoms with E-state index in [9.17, 15) is 18.0 Å². The quantitative estimate of drug-likeness (QED) is 0.635. The highest BCUT2D eigenvalue weighted by Gasteiger charge is 2.34. The molecular weight excluding hydrogens is 287 g/mol. The maximum absolute atomic E-state index is 12.3. The summed E-state index contributed by atoms with van der Waals surface area (Å²) < 4.78 is 45.0. The topological polar surface area (TPSA) is 59.3 Å². The molecule has 1 aromatic carbocycles. The lowest BCUT2D eigenvalue weighted by Gasteiger charge is -2.15. The van der Waals surface area contributed by atoms with Crippen molar-refractivity contribution in [1.82, 2.24) is 0 Å². The fraction of sp³-hybridized carbons (Fsp3) is 0.273. The third kappa shape index (κ3) is 3.51. The molecule has 0 aliphatic carbocycles. The second-order valence-corrected chi connectivity index (χ2v) is 3.53. The molecule has 0 saturated heterocycles. The van der Waals surface area contributed by atoms with Crippen LogP contribution >= 0.6 is 11.6 Å². The Morgan fingerprint density at radius 3 is 2.53 bits per heavy atom. The van der Waals surface area contributed by atoms with Gasteiger partial charge in [-0.1, -0.05) is 6.07 Å². The molecule has 0 unspecified atom stereocenters. The number of esters is 1. The van der Waals surface area contributed by atoms with E-state index in [2.05, 4.69) is 9.47 Å². The minimum absolute atomic E-state index is 0.0526. The van der Waals surface area contributed by atoms with Gasteiger partial charge >= 0.3 is 12.3 Å². The normalized spacial score (nSPS) is 10.7. The second-order valence-electron chi connectivity index (χ2n) is 3.26. The molecule has 0 radical (unpaired) electrons. The van der Waals surface area contributed by atoms with E-state index < -0.39 is 23.6 Å². The van der Waals surface area contributed by atoms with Crippen LogP contribution in [-0.4, -0.2) is 19.4 Å². The number of hydrogen-bond acceptors (Lipinski definition) is 4. The fourth-order valence-corrected chi connectivity index (χ4v) is 1.56. The summed E-state index contributed by atoms with van der Waals surface area (Å²) in [4.78, 5) is 11.4. The van der Waals surface area contributed by atoms with Crippen LogP contribution < -0.4 is 4.74 Å². The van der Waals surface area contributed by atoms with Gasteiger partial charge in [0.25, 0.3) is 0 Å². The molecule has 0 N–H and O–H groups in total. The van der Waals surface area contributed by atoms with Crippen LogP contribution in [0.3, 0.4) is 0 Å². The lowest BCUT2D eigenvalue weighted by Crippen LogP contribution is -2.20. The predicted octanol–water partition coefficient (Wildman–Crippen LogP) is 2.98. The monoisotopic (exact) mass is 293 g/mol. The van der Waals surface area contributed by atoms with Crippen molar-refractivity contribution in [2.75, 3.05) is 7.11 Å². The van der Waals surface area contributed by atoms with Crippen LogP contribution in [0.25, 0.3) is 0 Å². The van der Waals surface area contributed by atoms with Gasteiger partial charge in [-0.15, -0.1) is 24.8 Å². The number of alkyl halides is 4. The van der Waals surface area contributed by atoms with E-state index in [4.69, 9.17) is 16.9 Å². The molecular formula is C11H7ClF3NO3. The number of carbonyl (C=O) groups is 1. The average molecular weight is 294 g/mol. The van der Waals surface area contributed by atoms with Crippen LogP contribution in [0.15, 0.2) is 12.1 Å². The maximum atomic E-state index is 12.3. The fourth-order valence-electron chi connectivity index (χ4n) is 1.35. The largest absolute Gasteiger partial charge is 0.573 e. The molecule has 19 heavy (non-hydrogen) atoms. The summed E-state index contributed by atoms with van der Waals surface area (Å²) in [6, 6.07) is 3.82. The van der Waals surface area contributed by atoms with Gasteiger partial charge in [-0.2, -0.15) is 5.26 Å². The van der Waals surface area contributed by atoms with Crippen LogP contribution in [0.2, 0.25) is 0 Å². The number of methoxy groups -OCH3 is 1. The number of halogens is 4. The van der Waals surface area contributed by atoms with Gasteiger partial charge in [-0.3, -0.25) is 0 Å². The molecule has 1 rings (SSSR count). The van der Waals surface area contributed by atoms with Crippen molar-refractivity contribution in [3.63, 3.8) is 0 Å². The molecule has 0 aliphatic heterocycles. The molecule has 0 aliphatic rings. The molecule has 0 bridgehead atoms. The van der Waals surface area contributed by atoms with Crippen molar-refractivity contribution < 1.29 is 27.4 Å². The zero-order chi connectivity index (χ0) is 14.6. The number of rotatable bonds is 3. The highest BCUT2D eigenvalue weighted by Crippen LogP contribution is 2.33. The summed E-state index contributed by atoms with van der Waals surface area (Å²) >= 11 is 5.48. The van der Waals surface area contributed by atoms with Crippen LogP contribution in [0.4, 0.5) is 13.2 Å². The summed E-state index contributed by atoms with van der Waals surface area (Å²) in [5, 5.41) is 8.91. The molecule has 0 heterocycles. The van der Waals surface area contributed by atoms with Gasteiger partial charge in [0, 0.05) is 5.56 Å². The van der Waals surface area contributed by atoms with Crippen molar-refractivity contribution in [3.8, 4) is 11.8 Å². The Hall–Kier alpha value is -1.94. The smallest absolute Gasteiger partial charge is 0.465 e. The number of carbonyl (C=O) groups excluding carboxylic acids is 1. The summed E-state index contributed by atoms with van der Waals surface area (Å²) in [7, 11) is 1.04. The number of nitrogens with zero attached hydrogens (tertiary/aromatic N) is 1. The minimum Gasteiger partial charge on any atom is -0.465 e. The molecule has 0 amide bonds. The second kappa shape index (κ2) is 5.80. The van der Waals surface area contributed by atoms with Gasteiger partial charge in [-0.05, 0) is 6.07 Å². The molecule has 0 spiro atoms. The van der Waals surface area contributed by atoms with E-state index in [0.717, 1.165) is 13.2 Å². The zero-order valence-corrected chi connectivity index (χ0v) is 10.3. The first-order valence-electron chi connectivity index (χ1n) is 4.80. The molecule has 0 fully saturated rings. The Balaban J connectivity index is 3.47. The molecule has 0 atom stereocenters. The Labute approximate surface area is 111 Å². The first-order chi connectivity index (χ1) is 8.84. The van der Waals surface area contributed by atoms with Crippen molar-refractivity contribution in [1.29, 1.82) is 5.26 Å². The third-order valence-corrected chi connectivity index (χ3v) is 2.41. The average Bonchev–Trinajstić information content (AvgIpc) is 2.35. The molecule has 8 heteroatoms. The highest BCUT2D eigenvalue weighted by atomic mass is 35.5. The Kier molecular flexibility index (Phi) is 4.62. The van der Waals surface area contributed by atoms with Crippen molar-refractivity contribution >= 4 is 17.6 Å². The van der Waals surface area contributed by atoms with E-state index in [0.29, 0.717) is 0 Å². The summed E-state index contributed by atoms with van der Waals surface area (Å²) in [6.45, 7) is 0. The van der Waals surface area contributed by atoms with Gasteiger partial charge in [0.1, 0.15) is 11.6 Å². The van der Waals surface area contributed by atoms with E-state index in [1.807, 2.05) is 0 Å². The van der Waals surface area contributed by atoms with Gasteiger partial charge in [0.2, 0.25) is 0 Å². The Morgan fingerprint density at radius 2 is 2.11 bits per heavy atom. The molecule has 102 valence electrons. The summed E-state index contributed by atoms with van der Waals surface area (Å²) in [5.74, 6) is -2.03. The van der Waals surface area contributed by atoms with Crippen LogP contribution in [-0.2, 0) is 10.6 Å². The minimum atomic E-state index is -5.00. The van der Waals surface area contributed by atoms with Crippen molar-refractivity contribution in [2.45, 2.75) is 12.2 Å². The molecule has 0 saturated carbocycles. The summed E-state index contributed by atoms with van der Waals surface area (Å²) in [5.41, 5.74) is -0.941. The molecule has 1 aromatic rings. The van der Waals surface area contributed by atoms with E-state index >= 15 is 0 Å². The zero-order valence-electron chi connectivity index (χ0n) is 9.55. The summed E-state index contributed by atoms with van der Waals surface area (Å²) in [6.07, 6.45) is -5.00. The Morgan fingerprint density at radius 1 is 1.47 bits per heavy atom. The lowest BCUT2D eigenvalue weighted by atomic mass is 10.0. The SMILES string of the molecule is COC(=O)c1ccc(CCl)c(OC(F)(F)F)c1C#N. The van der Waals surface area contributed by atoms with Gasteiger partial charge in [0.05, 0.1) is 18.6 Å². The molecule has 0 aromatic heterocycles. The number of ether oxygens (including phenoxy) is 2. The van der Waals surface area contributed by atoms with Crippen molar-refractivity contribution in [2.24, 2.45) is 0 Å². The predicted molar refractivity (Wildman–Crippen MR) is 58.7 cm³/mol. The third-order valence-electron chi connectivity index (χ3n) is 2.12.